The van der Waals surface area contributed by atoms with Gasteiger partial charge in [-0.15, -0.1) is 0 Å². The van der Waals surface area contributed by atoms with Crippen molar-refractivity contribution in [1.29, 1.82) is 0 Å². The number of aliphatic hydroxyl groups excluding tert-OH is 1. The maximum Gasteiger partial charge on any atom is 0.472 e. The Balaban J connectivity index is 5.21. The number of unbranched alkanes of at least 4 members (excludes halogenated alkanes) is 55. The first-order chi connectivity index (χ1) is 49.5. The molecule has 0 saturated heterocycles. The summed E-state index contributed by atoms with van der Waals surface area (Å²) in [5.74, 6) is -1.43. The molecule has 17 nitrogen and oxygen atoms in total. The van der Waals surface area contributed by atoms with Crippen LogP contribution in [0.3, 0.4) is 0 Å². The van der Waals surface area contributed by atoms with Gasteiger partial charge in [0, 0.05) is 25.7 Å². The summed E-state index contributed by atoms with van der Waals surface area (Å²) in [7, 11) is -9.92. The van der Waals surface area contributed by atoms with Crippen LogP contribution in [0.5, 0.6) is 0 Å². The minimum atomic E-state index is -4.96. The molecule has 0 spiro atoms. The minimum Gasteiger partial charge on any atom is -0.462 e. The van der Waals surface area contributed by atoms with Crippen molar-refractivity contribution >= 4 is 39.5 Å². The van der Waals surface area contributed by atoms with Crippen LogP contribution in [0.25, 0.3) is 0 Å². The van der Waals surface area contributed by atoms with Crippen LogP contribution >= 0.6 is 15.6 Å². The van der Waals surface area contributed by atoms with Gasteiger partial charge in [0.15, 0.2) is 12.2 Å². The third-order valence-corrected chi connectivity index (χ3v) is 21.4. The maximum absolute atomic E-state index is 13.1. The van der Waals surface area contributed by atoms with Gasteiger partial charge >= 0.3 is 39.5 Å². The summed E-state index contributed by atoms with van der Waals surface area (Å²) >= 11 is 0. The second-order valence-corrected chi connectivity index (χ2v) is 33.3. The number of phosphoric acid groups is 2. The molecule has 0 aromatic rings. The van der Waals surface area contributed by atoms with Gasteiger partial charge in [-0.25, -0.2) is 9.13 Å². The van der Waals surface area contributed by atoms with Crippen molar-refractivity contribution in [2.45, 2.75) is 464 Å². The Morgan fingerprint density at radius 2 is 0.451 bits per heavy atom. The molecule has 606 valence electrons. The van der Waals surface area contributed by atoms with E-state index in [1.165, 1.54) is 263 Å². The third kappa shape index (κ3) is 76.3. The van der Waals surface area contributed by atoms with Crippen LogP contribution in [0.2, 0.25) is 0 Å². The molecule has 0 aromatic heterocycles. The molecule has 0 heterocycles. The third-order valence-electron chi connectivity index (χ3n) is 19.5. The Morgan fingerprint density at radius 1 is 0.265 bits per heavy atom. The number of carbonyl (C=O) groups excluding carboxylic acids is 4. The highest BCUT2D eigenvalue weighted by Gasteiger charge is 2.30. The zero-order valence-electron chi connectivity index (χ0n) is 66.8. The molecule has 102 heavy (non-hydrogen) atoms. The second kappa shape index (κ2) is 75.9. The normalized spacial score (nSPS) is 13.8. The van der Waals surface area contributed by atoms with Gasteiger partial charge in [0.1, 0.15) is 19.3 Å². The SMILES string of the molecule is CCCCCCCCCCCCCCCCCCCCCC(=O)O[C@H](COC(=O)CCCCCCCCCCCCCCCCCCC)COP(=O)(O)OC[C@@H](O)COP(=O)(O)OC[C@@H](COC(=O)CCCCCCCCC(C)C)OC(=O)CCCCCCCCCCCCCCCCCCC. The number of hydrogen-bond acceptors (Lipinski definition) is 15. The predicted molar refractivity (Wildman–Crippen MR) is 418 cm³/mol. The van der Waals surface area contributed by atoms with Crippen LogP contribution in [0.15, 0.2) is 0 Å². The van der Waals surface area contributed by atoms with Crippen LogP contribution in [0.4, 0.5) is 0 Å². The highest BCUT2D eigenvalue weighted by Crippen LogP contribution is 2.45. The lowest BCUT2D eigenvalue weighted by Gasteiger charge is -2.21. The molecule has 0 aliphatic carbocycles. The molecule has 19 heteroatoms. The summed E-state index contributed by atoms with van der Waals surface area (Å²) in [6.45, 7) is 7.27. The number of hydrogen-bond donors (Lipinski definition) is 3. The van der Waals surface area contributed by atoms with E-state index < -0.39 is 97.5 Å². The number of aliphatic hydroxyl groups is 1. The van der Waals surface area contributed by atoms with Gasteiger partial charge in [0.05, 0.1) is 26.4 Å². The first-order valence-corrected chi connectivity index (χ1v) is 46.1. The summed E-state index contributed by atoms with van der Waals surface area (Å²) in [4.78, 5) is 73.1. The first kappa shape index (κ1) is 100. The van der Waals surface area contributed by atoms with E-state index in [0.29, 0.717) is 31.6 Å². The quantitative estimate of drug-likeness (QED) is 0.0222. The van der Waals surface area contributed by atoms with E-state index in [-0.39, 0.29) is 25.7 Å². The van der Waals surface area contributed by atoms with Crippen molar-refractivity contribution in [2.24, 2.45) is 5.92 Å². The lowest BCUT2D eigenvalue weighted by atomic mass is 10.0. The van der Waals surface area contributed by atoms with Crippen LogP contribution in [-0.2, 0) is 65.4 Å². The molecular weight excluding hydrogens is 1330 g/mol. The van der Waals surface area contributed by atoms with Gasteiger partial charge in [-0.3, -0.25) is 37.3 Å². The van der Waals surface area contributed by atoms with Gasteiger partial charge < -0.3 is 33.8 Å². The van der Waals surface area contributed by atoms with Crippen molar-refractivity contribution in [1.82, 2.24) is 0 Å². The van der Waals surface area contributed by atoms with Gasteiger partial charge in [0.2, 0.25) is 0 Å². The molecule has 2 unspecified atom stereocenters. The first-order valence-electron chi connectivity index (χ1n) is 43.1. The monoisotopic (exact) mass is 1490 g/mol. The summed E-state index contributed by atoms with van der Waals surface area (Å²) < 4.78 is 68.8. The topological polar surface area (TPSA) is 237 Å². The zero-order valence-corrected chi connectivity index (χ0v) is 68.5. The highest BCUT2D eigenvalue weighted by atomic mass is 31.2. The van der Waals surface area contributed by atoms with Gasteiger partial charge in [-0.05, 0) is 31.6 Å². The molecule has 3 N–H and O–H groups in total. The van der Waals surface area contributed by atoms with Gasteiger partial charge in [-0.2, -0.15) is 0 Å². The Kier molecular flexibility index (Phi) is 74.4. The molecule has 0 amide bonds. The molecule has 0 bridgehead atoms. The number of rotatable bonds is 83. The van der Waals surface area contributed by atoms with E-state index in [0.717, 1.165) is 96.3 Å². The standard InChI is InChI=1S/C83H162O17P2/c1-6-9-12-15-18-21-24-27-30-33-34-37-40-43-46-49-52-59-63-68-82(87)99-78(72-93-80(85)66-61-56-50-47-44-41-38-35-31-28-25-22-19-16-13-10-7-2)74-97-101(89,90)95-70-77(84)71-96-102(91,92)98-75-79(73-94-81(86)67-62-57-54-53-55-60-65-76(4)5)100-83(88)69-64-58-51-48-45-42-39-36-32-29-26-23-20-17-14-11-8-3/h76-79,84H,6-75H2,1-5H3,(H,89,90)(H,91,92)/t77-,78-,79-/m1/s1. The lowest BCUT2D eigenvalue weighted by molar-refractivity contribution is -0.161. The number of esters is 4. The molecule has 0 rings (SSSR count). The predicted octanol–water partition coefficient (Wildman–Crippen LogP) is 25.2. The Morgan fingerprint density at radius 3 is 0.667 bits per heavy atom. The molecule has 0 saturated carbocycles. The molecule has 0 radical (unpaired) electrons. The van der Waals surface area contributed by atoms with Crippen molar-refractivity contribution in [3.63, 3.8) is 0 Å². The van der Waals surface area contributed by atoms with Gasteiger partial charge in [-0.1, -0.05) is 394 Å². The second-order valence-electron chi connectivity index (χ2n) is 30.3. The Labute approximate surface area is 626 Å². The number of carbonyl (C=O) groups is 4. The number of ether oxygens (including phenoxy) is 4. The molecular formula is C83H162O17P2. The van der Waals surface area contributed by atoms with E-state index in [9.17, 15) is 43.2 Å². The molecule has 5 atom stereocenters. The van der Waals surface area contributed by atoms with Crippen molar-refractivity contribution in [3.05, 3.63) is 0 Å². The minimum absolute atomic E-state index is 0.108. The van der Waals surface area contributed by atoms with E-state index in [1.54, 1.807) is 0 Å². The smallest absolute Gasteiger partial charge is 0.462 e. The van der Waals surface area contributed by atoms with E-state index >= 15 is 0 Å². The summed E-state index contributed by atoms with van der Waals surface area (Å²) in [6, 6.07) is 0. The summed E-state index contributed by atoms with van der Waals surface area (Å²) in [5.41, 5.74) is 0. The fourth-order valence-corrected chi connectivity index (χ4v) is 14.5. The van der Waals surface area contributed by atoms with Gasteiger partial charge in [0.25, 0.3) is 0 Å². The fourth-order valence-electron chi connectivity index (χ4n) is 12.9. The van der Waals surface area contributed by atoms with Crippen molar-refractivity contribution in [2.75, 3.05) is 39.6 Å². The maximum atomic E-state index is 13.1. The fraction of sp³-hybridized carbons (Fsp3) is 0.952. The lowest BCUT2D eigenvalue weighted by Crippen LogP contribution is -2.30. The molecule has 0 aliphatic heterocycles. The molecule has 0 fully saturated rings. The van der Waals surface area contributed by atoms with Crippen LogP contribution in [0.1, 0.15) is 446 Å². The molecule has 0 aliphatic rings. The van der Waals surface area contributed by atoms with Crippen LogP contribution < -0.4 is 0 Å². The van der Waals surface area contributed by atoms with E-state index in [1.807, 2.05) is 0 Å². The zero-order chi connectivity index (χ0) is 74.8. The highest BCUT2D eigenvalue weighted by molar-refractivity contribution is 7.47. The largest absolute Gasteiger partial charge is 0.472 e. The Hall–Kier alpha value is -1.94. The Bertz CT molecular complexity index is 1940. The molecule has 0 aromatic carbocycles. The average molecular weight is 1490 g/mol. The summed E-state index contributed by atoms with van der Waals surface area (Å²) in [6.07, 6.45) is 68.2. The number of phosphoric ester groups is 2. The average Bonchev–Trinajstić information content (AvgIpc) is 0.941. The van der Waals surface area contributed by atoms with Crippen molar-refractivity contribution in [3.8, 4) is 0 Å². The summed E-state index contributed by atoms with van der Waals surface area (Å²) in [5, 5.41) is 10.7. The van der Waals surface area contributed by atoms with E-state index in [2.05, 4.69) is 34.6 Å². The van der Waals surface area contributed by atoms with Crippen molar-refractivity contribution < 1.29 is 80.2 Å². The van der Waals surface area contributed by atoms with E-state index in [4.69, 9.17) is 37.0 Å². The van der Waals surface area contributed by atoms with Crippen LogP contribution in [0, 0.1) is 5.92 Å². The van der Waals surface area contributed by atoms with Crippen LogP contribution in [-0.4, -0.2) is 96.7 Å².